The Hall–Kier alpha value is -2.52. The van der Waals surface area contributed by atoms with Crippen LogP contribution in [0.25, 0.3) is 0 Å². The van der Waals surface area contributed by atoms with Gasteiger partial charge in [0, 0.05) is 12.6 Å². The molecule has 0 saturated heterocycles. The van der Waals surface area contributed by atoms with Gasteiger partial charge in [-0.05, 0) is 55.5 Å². The number of esters is 1. The molecule has 3 rings (SSSR count). The van der Waals surface area contributed by atoms with Crippen LogP contribution in [-0.2, 0) is 34.1 Å². The molecule has 2 aromatic rings. The fraction of sp³-hybridized carbons (Fsp3) is 0.389. The van der Waals surface area contributed by atoms with Crippen molar-refractivity contribution in [1.82, 2.24) is 14.5 Å². The van der Waals surface area contributed by atoms with Gasteiger partial charge in [-0.1, -0.05) is 0 Å². The van der Waals surface area contributed by atoms with Crippen LogP contribution >= 0.6 is 0 Å². The first-order chi connectivity index (χ1) is 12.9. The third kappa shape index (κ3) is 4.42. The van der Waals surface area contributed by atoms with Crippen LogP contribution in [0.4, 0.5) is 0 Å². The van der Waals surface area contributed by atoms with Gasteiger partial charge in [-0.3, -0.25) is 4.79 Å². The van der Waals surface area contributed by atoms with E-state index in [1.165, 1.54) is 36.1 Å². The lowest BCUT2D eigenvalue weighted by Crippen LogP contribution is -2.33. The van der Waals surface area contributed by atoms with Crippen molar-refractivity contribution in [3.63, 3.8) is 0 Å². The van der Waals surface area contributed by atoms with Gasteiger partial charge in [0.25, 0.3) is 5.56 Å². The van der Waals surface area contributed by atoms with Crippen LogP contribution in [0, 0.1) is 0 Å². The zero-order valence-electron chi connectivity index (χ0n) is 15.0. The summed E-state index contributed by atoms with van der Waals surface area (Å²) < 4.78 is 33.0. The highest BCUT2D eigenvalue weighted by molar-refractivity contribution is 7.89. The normalized spacial score (nSPS) is 13.8. The van der Waals surface area contributed by atoms with Crippen molar-refractivity contribution in [1.29, 1.82) is 0 Å². The van der Waals surface area contributed by atoms with E-state index < -0.39 is 16.0 Å². The molecular formula is C18H21N3O5S. The summed E-state index contributed by atoms with van der Waals surface area (Å²) in [5.74, 6) is -0.537. The molecule has 27 heavy (non-hydrogen) atoms. The zero-order chi connectivity index (χ0) is 19.4. The van der Waals surface area contributed by atoms with Gasteiger partial charge >= 0.3 is 5.97 Å². The first-order valence-corrected chi connectivity index (χ1v) is 10.2. The monoisotopic (exact) mass is 391 g/mol. The second kappa shape index (κ2) is 8.01. The maximum absolute atomic E-state index is 12.4. The van der Waals surface area contributed by atoms with E-state index in [2.05, 4.69) is 14.6 Å². The van der Waals surface area contributed by atoms with Crippen molar-refractivity contribution in [3.8, 4) is 0 Å². The maximum Gasteiger partial charge on any atom is 0.337 e. The topological polar surface area (TPSA) is 107 Å². The van der Waals surface area contributed by atoms with E-state index in [0.29, 0.717) is 0 Å². The predicted molar refractivity (Wildman–Crippen MR) is 98.1 cm³/mol. The van der Waals surface area contributed by atoms with Crippen LogP contribution in [0.2, 0.25) is 0 Å². The number of carbonyl (C=O) groups is 1. The number of aryl methyl sites for hydroxylation is 2. The summed E-state index contributed by atoms with van der Waals surface area (Å²) in [5, 5.41) is 4.36. The molecule has 0 aliphatic heterocycles. The summed E-state index contributed by atoms with van der Waals surface area (Å²) >= 11 is 0. The molecule has 0 amide bonds. The Bertz CT molecular complexity index is 997. The molecule has 1 aliphatic rings. The fourth-order valence-electron chi connectivity index (χ4n) is 3.02. The third-order valence-electron chi connectivity index (χ3n) is 4.48. The van der Waals surface area contributed by atoms with E-state index in [4.69, 9.17) is 0 Å². The van der Waals surface area contributed by atoms with E-state index in [1.807, 2.05) is 0 Å². The molecule has 1 N–H and O–H groups in total. The van der Waals surface area contributed by atoms with Gasteiger partial charge in [0.2, 0.25) is 10.0 Å². The van der Waals surface area contributed by atoms with Gasteiger partial charge in [-0.25, -0.2) is 22.6 Å². The summed E-state index contributed by atoms with van der Waals surface area (Å²) in [6.07, 6.45) is 3.82. The van der Waals surface area contributed by atoms with Crippen LogP contribution < -0.4 is 10.3 Å². The lowest BCUT2D eigenvalue weighted by molar-refractivity contribution is 0.0600. The summed E-state index contributed by atoms with van der Waals surface area (Å²) in [7, 11) is -2.50. The lowest BCUT2D eigenvalue weighted by Gasteiger charge is -2.16. The minimum atomic E-state index is -3.76. The number of carbonyl (C=O) groups excluding carboxylic acids is 1. The van der Waals surface area contributed by atoms with E-state index in [-0.39, 0.29) is 29.1 Å². The Balaban J connectivity index is 1.66. The van der Waals surface area contributed by atoms with E-state index in [1.54, 1.807) is 6.07 Å². The number of benzene rings is 1. The summed E-state index contributed by atoms with van der Waals surface area (Å²) in [5.41, 5.74) is 1.95. The quantitative estimate of drug-likeness (QED) is 0.733. The highest BCUT2D eigenvalue weighted by Crippen LogP contribution is 2.16. The summed E-state index contributed by atoms with van der Waals surface area (Å²) in [4.78, 5) is 23.6. The second-order valence-corrected chi connectivity index (χ2v) is 8.07. The van der Waals surface area contributed by atoms with Crippen LogP contribution in [-0.4, -0.2) is 37.8 Å². The van der Waals surface area contributed by atoms with E-state index in [9.17, 15) is 18.0 Å². The molecule has 0 spiro atoms. The standard InChI is InChI=1S/C18H21N3O5S/c1-26-18(23)13-6-8-15(9-7-13)27(24,25)19-10-11-21-17(22)12-14-4-2-3-5-16(14)20-21/h6-9,12,19H,2-5,10-11H2,1H3. The molecule has 144 valence electrons. The van der Waals surface area contributed by atoms with Gasteiger partial charge in [-0.2, -0.15) is 5.10 Å². The smallest absolute Gasteiger partial charge is 0.337 e. The van der Waals surface area contributed by atoms with Crippen molar-refractivity contribution in [2.75, 3.05) is 13.7 Å². The zero-order valence-corrected chi connectivity index (χ0v) is 15.8. The SMILES string of the molecule is COC(=O)c1ccc(S(=O)(=O)NCCn2nc3c(cc2=O)CCCC3)cc1. The number of aromatic nitrogens is 2. The molecule has 0 unspecified atom stereocenters. The second-order valence-electron chi connectivity index (χ2n) is 6.30. The van der Waals surface area contributed by atoms with Crippen molar-refractivity contribution in [3.05, 3.63) is 57.5 Å². The number of methoxy groups -OCH3 is 1. The maximum atomic E-state index is 12.4. The van der Waals surface area contributed by atoms with Crippen LogP contribution in [0.1, 0.15) is 34.5 Å². The molecule has 1 aliphatic carbocycles. The molecule has 8 nitrogen and oxygen atoms in total. The average Bonchev–Trinajstić information content (AvgIpc) is 2.67. The minimum absolute atomic E-state index is 0.0286. The number of rotatable bonds is 6. The van der Waals surface area contributed by atoms with Gasteiger partial charge in [0.05, 0.1) is 29.8 Å². The molecular weight excluding hydrogens is 370 g/mol. The van der Waals surface area contributed by atoms with Crippen molar-refractivity contribution in [2.45, 2.75) is 37.1 Å². The molecule has 1 aromatic carbocycles. The Morgan fingerprint density at radius 1 is 1.22 bits per heavy atom. The molecule has 1 heterocycles. The van der Waals surface area contributed by atoms with Crippen LogP contribution in [0.3, 0.4) is 0 Å². The fourth-order valence-corrected chi connectivity index (χ4v) is 4.04. The highest BCUT2D eigenvalue weighted by atomic mass is 32.2. The summed E-state index contributed by atoms with van der Waals surface area (Å²) in [6, 6.07) is 7.03. The molecule has 0 atom stereocenters. The van der Waals surface area contributed by atoms with Crippen molar-refractivity contribution in [2.24, 2.45) is 0 Å². The van der Waals surface area contributed by atoms with Gasteiger partial charge in [-0.15, -0.1) is 0 Å². The Morgan fingerprint density at radius 3 is 2.63 bits per heavy atom. The molecule has 0 radical (unpaired) electrons. The highest BCUT2D eigenvalue weighted by Gasteiger charge is 2.16. The number of sulfonamides is 1. The lowest BCUT2D eigenvalue weighted by atomic mass is 9.97. The van der Waals surface area contributed by atoms with Gasteiger partial charge < -0.3 is 4.74 Å². The first kappa shape index (κ1) is 19.2. The first-order valence-electron chi connectivity index (χ1n) is 8.69. The van der Waals surface area contributed by atoms with Crippen molar-refractivity contribution >= 4 is 16.0 Å². The van der Waals surface area contributed by atoms with Crippen molar-refractivity contribution < 1.29 is 17.9 Å². The molecule has 0 fully saturated rings. The average molecular weight is 391 g/mol. The van der Waals surface area contributed by atoms with Gasteiger partial charge in [0.15, 0.2) is 0 Å². The Kier molecular flexibility index (Phi) is 5.71. The molecule has 1 aromatic heterocycles. The number of nitrogens with zero attached hydrogens (tertiary/aromatic N) is 2. The number of nitrogens with one attached hydrogen (secondary N) is 1. The number of hydrogen-bond acceptors (Lipinski definition) is 6. The van der Waals surface area contributed by atoms with E-state index in [0.717, 1.165) is 36.9 Å². The largest absolute Gasteiger partial charge is 0.465 e. The number of hydrogen-bond donors (Lipinski definition) is 1. The molecule has 0 bridgehead atoms. The Labute approximate surface area is 157 Å². The third-order valence-corrected chi connectivity index (χ3v) is 5.95. The van der Waals surface area contributed by atoms with Gasteiger partial charge in [0.1, 0.15) is 0 Å². The predicted octanol–water partition coefficient (Wildman–Crippen LogP) is 0.887. The number of ether oxygens (including phenoxy) is 1. The van der Waals surface area contributed by atoms with E-state index >= 15 is 0 Å². The number of fused-ring (bicyclic) bond motifs is 1. The Morgan fingerprint density at radius 2 is 1.93 bits per heavy atom. The van der Waals surface area contributed by atoms with Crippen LogP contribution in [0.15, 0.2) is 40.0 Å². The van der Waals surface area contributed by atoms with Crippen LogP contribution in [0.5, 0.6) is 0 Å². The molecule has 0 saturated carbocycles. The molecule has 9 heteroatoms. The summed E-state index contributed by atoms with van der Waals surface area (Å²) in [6.45, 7) is 0.179. The minimum Gasteiger partial charge on any atom is -0.465 e.